The maximum absolute atomic E-state index is 14.4. The Kier molecular flexibility index (Phi) is 11.0. The van der Waals surface area contributed by atoms with Gasteiger partial charge in [0.1, 0.15) is 17.9 Å². The highest BCUT2D eigenvalue weighted by Gasteiger charge is 2.37. The maximum atomic E-state index is 14.4. The summed E-state index contributed by atoms with van der Waals surface area (Å²) in [4.78, 5) is 22.6. The molecule has 11 nitrogen and oxygen atoms in total. The van der Waals surface area contributed by atoms with E-state index >= 15 is 0 Å². The molecular formula is C31H44F3N5O6SSi. The molecule has 0 spiro atoms. The molecule has 1 N–H and O–H groups in total. The molecule has 2 aromatic heterocycles. The number of benzene rings is 1. The van der Waals surface area contributed by atoms with E-state index in [0.717, 1.165) is 18.5 Å². The van der Waals surface area contributed by atoms with Crippen molar-refractivity contribution in [2.24, 2.45) is 0 Å². The van der Waals surface area contributed by atoms with E-state index in [1.165, 1.54) is 0 Å². The molecule has 3 aromatic rings. The molecule has 1 aliphatic rings. The molecule has 260 valence electrons. The average molecular weight is 700 g/mol. The number of amides is 1. The highest BCUT2D eigenvalue weighted by Crippen LogP contribution is 2.40. The Morgan fingerprint density at radius 2 is 1.89 bits per heavy atom. The minimum atomic E-state index is -4.75. The van der Waals surface area contributed by atoms with E-state index in [4.69, 9.17) is 13.7 Å². The normalized spacial score (nSPS) is 16.5. The van der Waals surface area contributed by atoms with Crippen LogP contribution in [0.15, 0.2) is 30.6 Å². The highest BCUT2D eigenvalue weighted by molar-refractivity contribution is 7.85. The number of likely N-dealkylation sites (tertiary alicyclic amines) is 1. The fourth-order valence-electron chi connectivity index (χ4n) is 5.07. The Hall–Kier alpha value is -3.21. The molecule has 1 amide bonds. The first-order valence-corrected chi connectivity index (χ1v) is 20.9. The summed E-state index contributed by atoms with van der Waals surface area (Å²) in [6.45, 7) is 13.1. The molecular weight excluding hydrogens is 656 g/mol. The van der Waals surface area contributed by atoms with Gasteiger partial charge in [0, 0.05) is 57.2 Å². The summed E-state index contributed by atoms with van der Waals surface area (Å²) in [5, 5.41) is 3.59. The van der Waals surface area contributed by atoms with E-state index in [1.807, 2.05) is 0 Å². The quantitative estimate of drug-likeness (QED) is 0.132. The molecule has 1 saturated heterocycles. The lowest BCUT2D eigenvalue weighted by molar-refractivity contribution is -0.137. The zero-order valence-corrected chi connectivity index (χ0v) is 29.7. The van der Waals surface area contributed by atoms with Crippen molar-refractivity contribution in [1.82, 2.24) is 19.4 Å². The number of nitrogens with one attached hydrogen (secondary N) is 1. The second kappa shape index (κ2) is 14.1. The zero-order chi connectivity index (χ0) is 34.8. The van der Waals surface area contributed by atoms with Crippen molar-refractivity contribution in [3.8, 4) is 11.3 Å². The third-order valence-corrected chi connectivity index (χ3v) is 9.62. The Morgan fingerprint density at radius 3 is 2.53 bits per heavy atom. The first-order valence-electron chi connectivity index (χ1n) is 15.4. The van der Waals surface area contributed by atoms with Crippen LogP contribution in [0.25, 0.3) is 22.2 Å². The number of alkyl halides is 3. The van der Waals surface area contributed by atoms with Gasteiger partial charge in [0.25, 0.3) is 10.1 Å². The molecule has 1 fully saturated rings. The number of hydrogen-bond acceptors (Lipinski definition) is 9. The lowest BCUT2D eigenvalue weighted by Crippen LogP contribution is -2.47. The zero-order valence-electron chi connectivity index (χ0n) is 27.9. The number of anilines is 1. The second-order valence-electron chi connectivity index (χ2n) is 14.0. The van der Waals surface area contributed by atoms with Crippen LogP contribution >= 0.6 is 0 Å². The van der Waals surface area contributed by atoms with Crippen molar-refractivity contribution in [2.75, 3.05) is 31.3 Å². The standard InChI is InChI=1S/C31H44F3N5O6SSi/c1-30(2,3)45-29(40)38-12-8-9-22(17-38)36-28-35-16-25(31(32,33)34)27(37-28)24-18-39(20-43-13-14-47(5,6)7)26-15-21(10-11-23(24)26)19-44-46(4,41)42/h10-11,15-16,18,22H,8-9,12-14,17,19-20H2,1-7H3,(H,35,36,37)/t22-/m0/s1. The van der Waals surface area contributed by atoms with Crippen molar-refractivity contribution in [3.05, 3.63) is 41.7 Å². The summed E-state index contributed by atoms with van der Waals surface area (Å²) < 4.78 is 84.4. The summed E-state index contributed by atoms with van der Waals surface area (Å²) in [6, 6.07) is 5.50. The van der Waals surface area contributed by atoms with Crippen molar-refractivity contribution >= 4 is 41.1 Å². The van der Waals surface area contributed by atoms with Crippen LogP contribution in [-0.2, 0) is 43.3 Å². The molecule has 0 aliphatic carbocycles. The predicted molar refractivity (Wildman–Crippen MR) is 176 cm³/mol. The number of piperidine rings is 1. The number of hydrogen-bond donors (Lipinski definition) is 1. The summed E-state index contributed by atoms with van der Waals surface area (Å²) in [5.41, 5.74) is -0.733. The molecule has 3 heterocycles. The van der Waals surface area contributed by atoms with Gasteiger partial charge in [0.05, 0.1) is 24.1 Å². The van der Waals surface area contributed by atoms with Crippen LogP contribution in [0.2, 0.25) is 25.7 Å². The van der Waals surface area contributed by atoms with Crippen LogP contribution in [0.4, 0.5) is 23.9 Å². The fourth-order valence-corrected chi connectivity index (χ4v) is 6.18. The summed E-state index contributed by atoms with van der Waals surface area (Å²) in [5.74, 6) is -0.00510. The number of carbonyl (C=O) groups excluding carboxylic acids is 1. The highest BCUT2D eigenvalue weighted by atomic mass is 32.2. The summed E-state index contributed by atoms with van der Waals surface area (Å²) in [7, 11) is -5.11. The monoisotopic (exact) mass is 699 g/mol. The van der Waals surface area contributed by atoms with Crippen LogP contribution in [0.1, 0.15) is 44.7 Å². The van der Waals surface area contributed by atoms with Crippen molar-refractivity contribution in [2.45, 2.75) is 90.5 Å². The topological polar surface area (TPSA) is 125 Å². The number of fused-ring (bicyclic) bond motifs is 1. The molecule has 47 heavy (non-hydrogen) atoms. The van der Waals surface area contributed by atoms with Crippen molar-refractivity contribution in [1.29, 1.82) is 0 Å². The SMILES string of the molecule is CC(C)(C)OC(=O)N1CCC[C@H](Nc2ncc(C(F)(F)F)c(-c3cn(COCC[Si](C)(C)C)c4cc(COS(C)(=O)=O)ccc34)n2)C1. The third kappa shape index (κ3) is 10.6. The lowest BCUT2D eigenvalue weighted by atomic mass is 10.0. The van der Waals surface area contributed by atoms with Gasteiger partial charge in [-0.1, -0.05) is 31.8 Å². The number of carbonyl (C=O) groups is 1. The number of halogens is 3. The molecule has 0 bridgehead atoms. The molecule has 1 aromatic carbocycles. The van der Waals surface area contributed by atoms with E-state index in [0.29, 0.717) is 42.5 Å². The van der Waals surface area contributed by atoms with Crippen LogP contribution in [0.5, 0.6) is 0 Å². The smallest absolute Gasteiger partial charge is 0.419 e. The second-order valence-corrected chi connectivity index (χ2v) is 21.3. The summed E-state index contributed by atoms with van der Waals surface area (Å²) >= 11 is 0. The first kappa shape index (κ1) is 36.6. The van der Waals surface area contributed by atoms with E-state index in [9.17, 15) is 26.4 Å². The summed E-state index contributed by atoms with van der Waals surface area (Å²) in [6.07, 6.45) is -0.614. The van der Waals surface area contributed by atoms with Crippen LogP contribution < -0.4 is 5.32 Å². The van der Waals surface area contributed by atoms with Gasteiger partial charge in [-0.2, -0.15) is 21.6 Å². The Bertz CT molecular complexity index is 1690. The van der Waals surface area contributed by atoms with Gasteiger partial charge in [-0.05, 0) is 51.3 Å². The minimum absolute atomic E-state index is 0.00510. The van der Waals surface area contributed by atoms with Crippen LogP contribution in [0.3, 0.4) is 0 Å². The van der Waals surface area contributed by atoms with Crippen LogP contribution in [0, 0.1) is 0 Å². The third-order valence-electron chi connectivity index (χ3n) is 7.37. The van der Waals surface area contributed by atoms with Gasteiger partial charge < -0.3 is 24.3 Å². The molecule has 16 heteroatoms. The Morgan fingerprint density at radius 1 is 1.17 bits per heavy atom. The Labute approximate surface area is 274 Å². The molecule has 1 atom stereocenters. The van der Waals surface area contributed by atoms with Gasteiger partial charge in [-0.15, -0.1) is 0 Å². The number of aromatic nitrogens is 3. The van der Waals surface area contributed by atoms with E-state index in [-0.39, 0.29) is 43.1 Å². The largest absolute Gasteiger partial charge is 0.444 e. The van der Waals surface area contributed by atoms with Gasteiger partial charge in [-0.3, -0.25) is 4.18 Å². The fraction of sp³-hybridized carbons (Fsp3) is 0.581. The predicted octanol–water partition coefficient (Wildman–Crippen LogP) is 6.72. The van der Waals surface area contributed by atoms with Gasteiger partial charge in [0.15, 0.2) is 0 Å². The molecule has 0 unspecified atom stereocenters. The maximum Gasteiger partial charge on any atom is 0.419 e. The van der Waals surface area contributed by atoms with Crippen molar-refractivity contribution in [3.63, 3.8) is 0 Å². The molecule has 4 rings (SSSR count). The molecule has 0 radical (unpaired) electrons. The van der Waals surface area contributed by atoms with Gasteiger partial charge in [-0.25, -0.2) is 14.8 Å². The van der Waals surface area contributed by atoms with Gasteiger partial charge in [0.2, 0.25) is 5.95 Å². The molecule has 1 aliphatic heterocycles. The van der Waals surface area contributed by atoms with E-state index in [2.05, 4.69) is 34.9 Å². The molecule has 0 saturated carbocycles. The minimum Gasteiger partial charge on any atom is -0.444 e. The number of ether oxygens (including phenoxy) is 2. The average Bonchev–Trinajstić information content (AvgIpc) is 3.29. The van der Waals surface area contributed by atoms with E-state index in [1.54, 1.807) is 54.6 Å². The lowest BCUT2D eigenvalue weighted by Gasteiger charge is -2.34. The number of rotatable bonds is 11. The van der Waals surface area contributed by atoms with E-state index < -0.39 is 41.6 Å². The van der Waals surface area contributed by atoms with Gasteiger partial charge >= 0.3 is 12.3 Å². The Balaban J connectivity index is 1.70. The van der Waals surface area contributed by atoms with Crippen LogP contribution in [-0.4, -0.2) is 79.6 Å². The first-order chi connectivity index (χ1) is 21.7. The number of nitrogens with zero attached hydrogens (tertiary/aromatic N) is 4. The van der Waals surface area contributed by atoms with Crippen molar-refractivity contribution < 1.29 is 40.0 Å².